The Labute approximate surface area is 161 Å². The zero-order valence-electron chi connectivity index (χ0n) is 14.8. The van der Waals surface area contributed by atoms with Crippen LogP contribution in [0.5, 0.6) is 0 Å². The Morgan fingerprint density at radius 3 is 2.43 bits per heavy atom. The summed E-state index contributed by atoms with van der Waals surface area (Å²) in [6.45, 7) is 13.0. The molecule has 7 heteroatoms. The maximum atomic E-state index is 10.5. The highest BCUT2D eigenvalue weighted by atomic mass is 127. The minimum absolute atomic E-state index is 0. The van der Waals surface area contributed by atoms with E-state index in [0.29, 0.717) is 6.54 Å². The molecule has 0 fully saturated rings. The first-order valence-corrected chi connectivity index (χ1v) is 8.66. The Morgan fingerprint density at radius 1 is 1.22 bits per heavy atom. The molecule has 4 N–H and O–H groups in total. The summed E-state index contributed by atoms with van der Waals surface area (Å²) in [5, 5.41) is 22.4. The zero-order chi connectivity index (χ0) is 16.6. The highest BCUT2D eigenvalue weighted by molar-refractivity contribution is 14.0. The van der Waals surface area contributed by atoms with Crippen molar-refractivity contribution in [1.29, 1.82) is 0 Å². The van der Waals surface area contributed by atoms with Gasteiger partial charge in [0.15, 0.2) is 5.96 Å². The van der Waals surface area contributed by atoms with Gasteiger partial charge in [0.25, 0.3) is 0 Å². The summed E-state index contributed by atoms with van der Waals surface area (Å²) in [6, 6.07) is 3.88. The molecule has 0 saturated heterocycles. The molecule has 1 atom stereocenters. The minimum atomic E-state index is -0.930. The molecule has 0 amide bonds. The topological polar surface area (TPSA) is 68.7 Å². The third kappa shape index (κ3) is 9.49. The molecule has 1 rings (SSSR count). The number of guanidine groups is 1. The van der Waals surface area contributed by atoms with Crippen LogP contribution in [-0.2, 0) is 5.60 Å². The van der Waals surface area contributed by atoms with Crippen molar-refractivity contribution < 1.29 is 5.11 Å². The van der Waals surface area contributed by atoms with Crippen molar-refractivity contribution in [1.82, 2.24) is 16.0 Å². The second-order valence-electron chi connectivity index (χ2n) is 6.55. The fraction of sp³-hybridized carbons (Fsp3) is 0.688. The van der Waals surface area contributed by atoms with Crippen molar-refractivity contribution in [2.45, 2.75) is 45.8 Å². The van der Waals surface area contributed by atoms with E-state index < -0.39 is 5.60 Å². The number of hydrogen-bond donors (Lipinski definition) is 4. The molecule has 23 heavy (non-hydrogen) atoms. The summed E-state index contributed by atoms with van der Waals surface area (Å²) in [5.74, 6) is 0.732. The quantitative estimate of drug-likeness (QED) is 0.221. The predicted molar refractivity (Wildman–Crippen MR) is 111 cm³/mol. The molecule has 1 aromatic rings. The van der Waals surface area contributed by atoms with Crippen LogP contribution in [0.4, 0.5) is 0 Å². The SMILES string of the molecule is CCNC(=NCC(C)(O)c1cccs1)NCCNC(C)(C)C.I. The van der Waals surface area contributed by atoms with Crippen LogP contribution in [0.25, 0.3) is 0 Å². The molecule has 1 unspecified atom stereocenters. The maximum absolute atomic E-state index is 10.5. The fourth-order valence-electron chi connectivity index (χ4n) is 1.86. The van der Waals surface area contributed by atoms with Gasteiger partial charge >= 0.3 is 0 Å². The molecule has 0 aliphatic carbocycles. The summed E-state index contributed by atoms with van der Waals surface area (Å²) in [6.07, 6.45) is 0. The van der Waals surface area contributed by atoms with Gasteiger partial charge in [-0.3, -0.25) is 0 Å². The van der Waals surface area contributed by atoms with E-state index in [4.69, 9.17) is 0 Å². The van der Waals surface area contributed by atoms with Gasteiger partial charge in [-0.05, 0) is 46.1 Å². The molecule has 0 aliphatic heterocycles. The summed E-state index contributed by atoms with van der Waals surface area (Å²) in [7, 11) is 0. The van der Waals surface area contributed by atoms with Crippen LogP contribution in [0, 0.1) is 0 Å². The number of nitrogens with zero attached hydrogens (tertiary/aromatic N) is 1. The van der Waals surface area contributed by atoms with Crippen molar-refractivity contribution in [3.8, 4) is 0 Å². The van der Waals surface area contributed by atoms with Gasteiger partial charge in [-0.25, -0.2) is 4.99 Å². The maximum Gasteiger partial charge on any atom is 0.191 e. The van der Waals surface area contributed by atoms with Crippen molar-refractivity contribution in [2.24, 2.45) is 4.99 Å². The number of nitrogens with one attached hydrogen (secondary N) is 3. The second-order valence-corrected chi connectivity index (χ2v) is 7.50. The van der Waals surface area contributed by atoms with Gasteiger partial charge in [0, 0.05) is 30.1 Å². The lowest BCUT2D eigenvalue weighted by Crippen LogP contribution is -2.45. The van der Waals surface area contributed by atoms with E-state index in [-0.39, 0.29) is 29.5 Å². The lowest BCUT2D eigenvalue weighted by molar-refractivity contribution is 0.0711. The highest BCUT2D eigenvalue weighted by Crippen LogP contribution is 2.25. The van der Waals surface area contributed by atoms with E-state index in [0.717, 1.165) is 30.5 Å². The largest absolute Gasteiger partial charge is 0.383 e. The Kier molecular flexibility index (Phi) is 10.3. The van der Waals surface area contributed by atoms with Crippen molar-refractivity contribution in [2.75, 3.05) is 26.2 Å². The summed E-state index contributed by atoms with van der Waals surface area (Å²) in [4.78, 5) is 5.43. The molecule has 0 aliphatic rings. The fourth-order valence-corrected chi connectivity index (χ4v) is 2.64. The van der Waals surface area contributed by atoms with Crippen molar-refractivity contribution >= 4 is 41.3 Å². The standard InChI is InChI=1S/C16H30N4OS.HI/c1-6-17-14(18-9-10-20-15(2,3)4)19-12-16(5,21)13-8-7-11-22-13;/h7-8,11,20-21H,6,9-10,12H2,1-5H3,(H2,17,18,19);1H. The van der Waals surface area contributed by atoms with Gasteiger partial charge in [-0.15, -0.1) is 35.3 Å². The Morgan fingerprint density at radius 2 is 1.91 bits per heavy atom. The normalized spacial score (nSPS) is 14.8. The Hall–Kier alpha value is -0.380. The average Bonchev–Trinajstić information content (AvgIpc) is 2.94. The first-order chi connectivity index (χ1) is 10.2. The molecular weight excluding hydrogens is 423 g/mol. The number of hydrogen-bond acceptors (Lipinski definition) is 4. The van der Waals surface area contributed by atoms with Gasteiger partial charge in [0.05, 0.1) is 6.54 Å². The molecule has 134 valence electrons. The van der Waals surface area contributed by atoms with Crippen LogP contribution in [-0.4, -0.2) is 42.8 Å². The van der Waals surface area contributed by atoms with E-state index >= 15 is 0 Å². The van der Waals surface area contributed by atoms with E-state index in [2.05, 4.69) is 41.7 Å². The van der Waals surface area contributed by atoms with Gasteiger partial charge in [0.2, 0.25) is 0 Å². The average molecular weight is 454 g/mol. The monoisotopic (exact) mass is 454 g/mol. The molecule has 1 aromatic heterocycles. The van der Waals surface area contributed by atoms with E-state index in [1.165, 1.54) is 0 Å². The minimum Gasteiger partial charge on any atom is -0.383 e. The Balaban J connectivity index is 0.00000484. The third-order valence-corrected chi connectivity index (χ3v) is 4.14. The van der Waals surface area contributed by atoms with E-state index in [9.17, 15) is 5.11 Å². The zero-order valence-corrected chi connectivity index (χ0v) is 17.9. The smallest absolute Gasteiger partial charge is 0.191 e. The molecule has 5 nitrogen and oxygen atoms in total. The lowest BCUT2D eigenvalue weighted by atomic mass is 10.1. The lowest BCUT2D eigenvalue weighted by Gasteiger charge is -2.22. The van der Waals surface area contributed by atoms with Crippen LogP contribution in [0.1, 0.15) is 39.5 Å². The van der Waals surface area contributed by atoms with Gasteiger partial charge in [-0.2, -0.15) is 0 Å². The molecule has 0 bridgehead atoms. The van der Waals surface area contributed by atoms with Crippen LogP contribution >= 0.6 is 35.3 Å². The van der Waals surface area contributed by atoms with E-state index in [1.54, 1.807) is 18.3 Å². The molecule has 0 aromatic carbocycles. The second kappa shape index (κ2) is 10.5. The van der Waals surface area contributed by atoms with Gasteiger partial charge < -0.3 is 21.1 Å². The highest BCUT2D eigenvalue weighted by Gasteiger charge is 2.23. The first-order valence-electron chi connectivity index (χ1n) is 7.78. The summed E-state index contributed by atoms with van der Waals surface area (Å²) in [5.41, 5.74) is -0.819. The van der Waals surface area contributed by atoms with Gasteiger partial charge in [-0.1, -0.05) is 6.07 Å². The van der Waals surface area contributed by atoms with E-state index in [1.807, 2.05) is 24.4 Å². The number of aliphatic imine (C=N–C) groups is 1. The predicted octanol–water partition coefficient (Wildman–Crippen LogP) is 2.52. The van der Waals surface area contributed by atoms with Crippen molar-refractivity contribution in [3.63, 3.8) is 0 Å². The molecule has 0 spiro atoms. The molecule has 1 heterocycles. The molecule has 0 radical (unpaired) electrons. The van der Waals surface area contributed by atoms with Crippen LogP contribution < -0.4 is 16.0 Å². The number of thiophene rings is 1. The van der Waals surface area contributed by atoms with Crippen LogP contribution in [0.15, 0.2) is 22.5 Å². The first kappa shape index (κ1) is 22.6. The molecular formula is C16H31IN4OS. The number of rotatable bonds is 7. The summed E-state index contributed by atoms with van der Waals surface area (Å²) >= 11 is 1.55. The third-order valence-electron chi connectivity index (χ3n) is 3.01. The summed E-state index contributed by atoms with van der Waals surface area (Å²) < 4.78 is 0. The van der Waals surface area contributed by atoms with Crippen molar-refractivity contribution in [3.05, 3.63) is 22.4 Å². The molecule has 0 saturated carbocycles. The van der Waals surface area contributed by atoms with Crippen LogP contribution in [0.2, 0.25) is 0 Å². The van der Waals surface area contributed by atoms with Crippen LogP contribution in [0.3, 0.4) is 0 Å². The Bertz CT molecular complexity index is 455. The number of aliphatic hydroxyl groups is 1. The number of halogens is 1. The van der Waals surface area contributed by atoms with Gasteiger partial charge in [0.1, 0.15) is 5.60 Å².